The summed E-state index contributed by atoms with van der Waals surface area (Å²) in [7, 11) is -9.66. The van der Waals surface area contributed by atoms with Crippen molar-refractivity contribution < 1.29 is 57.8 Å². The van der Waals surface area contributed by atoms with E-state index in [0.29, 0.717) is 10.5 Å². The molecule has 0 N–H and O–H groups in total. The summed E-state index contributed by atoms with van der Waals surface area (Å²) in [5, 5.41) is 1.37. The van der Waals surface area contributed by atoms with Gasteiger partial charge in [-0.1, -0.05) is 72.1 Å². The quantitative estimate of drug-likeness (QED) is 0.238. The first-order valence-electron chi connectivity index (χ1n) is 13.3. The fraction of sp³-hybridized carbons (Fsp3) is 0.200. The lowest BCUT2D eigenvalue weighted by molar-refractivity contribution is -2.00. The van der Waals surface area contributed by atoms with E-state index >= 15 is 0 Å². The Kier molecular flexibility index (Phi) is 11.2. The summed E-state index contributed by atoms with van der Waals surface area (Å²) in [4.78, 5) is 12.2. The van der Waals surface area contributed by atoms with Crippen LogP contribution in [-0.4, -0.2) is 10.5 Å². The Morgan fingerprint density at radius 2 is 0.659 bits per heavy atom. The SMILES string of the molecule is [O-][Cl+3]([O-])([O-])[O-].[O-][Cl+3]([O-])([O-])[O-].c1ccc2c(c1)Sc1ccccc1[S+]2[C@H]1CCCC[C@@H]1[S+]1c2ccccc2Sc2ccccc21. The van der Waals surface area contributed by atoms with Gasteiger partial charge in [0.2, 0.25) is 0 Å². The fourth-order valence-electron chi connectivity index (χ4n) is 5.59. The lowest BCUT2D eigenvalue weighted by Gasteiger charge is -2.34. The van der Waals surface area contributed by atoms with Crippen molar-refractivity contribution in [2.75, 3.05) is 0 Å². The predicted octanol–water partition coefficient (Wildman–Crippen LogP) is -0.812. The van der Waals surface area contributed by atoms with E-state index in [-0.39, 0.29) is 21.8 Å². The van der Waals surface area contributed by atoms with Crippen molar-refractivity contribution in [3.63, 3.8) is 0 Å². The standard InChI is InChI=1S/C30H26S4.2ClHO4/c1-5-15-25-21(11-1)31-22-12-2-6-16-26(22)33(25)29-19-9-10-20-30(29)34-27-17-7-3-13-23(27)32-24-14-4-8-18-28(24)34;2*2-1(3,4)5/h1-8,11-18,29-30H,9-10,19-20H2;2*(H,2,3,4,5)/q+2;;/p-2/t29-,30-;;/m0../s1. The molecule has 0 saturated heterocycles. The molecule has 232 valence electrons. The van der Waals surface area contributed by atoms with Gasteiger partial charge in [-0.05, 0) is 61.4 Å². The molecule has 2 aliphatic heterocycles. The minimum atomic E-state index is -4.94. The summed E-state index contributed by atoms with van der Waals surface area (Å²) in [6.45, 7) is 0. The second-order valence-corrected chi connectivity index (χ2v) is 17.8. The molecule has 0 bridgehead atoms. The van der Waals surface area contributed by atoms with E-state index in [2.05, 4.69) is 97.1 Å². The Balaban J connectivity index is 0.000000336. The van der Waals surface area contributed by atoms with Gasteiger partial charge in [-0.2, -0.15) is 0 Å². The molecular weight excluding hydrogens is 687 g/mol. The first-order chi connectivity index (χ1) is 20.9. The second kappa shape index (κ2) is 14.5. The maximum atomic E-state index is 8.49. The van der Waals surface area contributed by atoms with Crippen LogP contribution in [0, 0.1) is 20.5 Å². The van der Waals surface area contributed by atoms with E-state index < -0.39 is 20.5 Å². The third-order valence-electron chi connectivity index (χ3n) is 7.03. The van der Waals surface area contributed by atoms with Gasteiger partial charge in [0.05, 0.1) is 41.4 Å². The topological polar surface area (TPSA) is 184 Å². The second-order valence-electron chi connectivity index (χ2n) is 9.78. The van der Waals surface area contributed by atoms with Gasteiger partial charge in [0.1, 0.15) is 0 Å². The third kappa shape index (κ3) is 8.66. The van der Waals surface area contributed by atoms with Crippen molar-refractivity contribution in [1.82, 2.24) is 0 Å². The van der Waals surface area contributed by atoms with Gasteiger partial charge in [-0.3, -0.25) is 0 Å². The molecule has 1 fully saturated rings. The molecule has 0 amide bonds. The summed E-state index contributed by atoms with van der Waals surface area (Å²) in [6.07, 6.45) is 5.39. The molecule has 3 aliphatic rings. The molecule has 8 nitrogen and oxygen atoms in total. The molecule has 0 spiro atoms. The third-order valence-corrected chi connectivity index (χ3v) is 15.7. The van der Waals surface area contributed by atoms with Crippen LogP contribution in [0.4, 0.5) is 0 Å². The van der Waals surface area contributed by atoms with Crippen molar-refractivity contribution in [2.45, 2.75) is 75.3 Å². The Labute approximate surface area is 273 Å². The van der Waals surface area contributed by atoms with Crippen molar-refractivity contribution >= 4 is 45.3 Å². The van der Waals surface area contributed by atoms with E-state index in [1.807, 2.05) is 23.5 Å². The van der Waals surface area contributed by atoms with E-state index in [0.717, 1.165) is 0 Å². The van der Waals surface area contributed by atoms with E-state index in [4.69, 9.17) is 37.3 Å². The van der Waals surface area contributed by atoms with E-state index in [1.54, 1.807) is 19.6 Å². The lowest BCUT2D eigenvalue weighted by atomic mass is 10.00. The highest BCUT2D eigenvalue weighted by Crippen LogP contribution is 2.54. The largest absolute Gasteiger partial charge is 0.222 e. The Hall–Kier alpha value is -1.46. The van der Waals surface area contributed by atoms with Gasteiger partial charge in [0.25, 0.3) is 0 Å². The van der Waals surface area contributed by atoms with Crippen molar-refractivity contribution in [2.24, 2.45) is 0 Å². The van der Waals surface area contributed by atoms with Crippen LogP contribution >= 0.6 is 23.5 Å². The number of halogens is 2. The first kappa shape index (κ1) is 33.9. The molecule has 1 aliphatic carbocycles. The molecule has 0 aromatic heterocycles. The van der Waals surface area contributed by atoms with E-state index in [1.165, 1.54) is 45.3 Å². The van der Waals surface area contributed by atoms with Gasteiger partial charge in [-0.15, -0.1) is 20.5 Å². The molecule has 2 atom stereocenters. The summed E-state index contributed by atoms with van der Waals surface area (Å²) >= 11 is 3.94. The average molecular weight is 714 g/mol. The van der Waals surface area contributed by atoms with Crippen LogP contribution in [0.1, 0.15) is 25.7 Å². The number of benzene rings is 4. The van der Waals surface area contributed by atoms with Crippen LogP contribution in [0.25, 0.3) is 0 Å². The molecule has 2 heterocycles. The van der Waals surface area contributed by atoms with E-state index in [9.17, 15) is 0 Å². The highest BCUT2D eigenvalue weighted by Gasteiger charge is 2.55. The smallest absolute Gasteiger partial charge is 0.177 e. The minimum Gasteiger partial charge on any atom is -0.222 e. The number of fused-ring (bicyclic) bond motifs is 4. The summed E-state index contributed by atoms with van der Waals surface area (Å²) in [5.74, 6) is 0. The molecule has 14 heteroatoms. The average Bonchev–Trinajstić information content (AvgIpc) is 2.97. The first-order valence-corrected chi connectivity index (χ1v) is 20.0. The Morgan fingerprint density at radius 1 is 0.432 bits per heavy atom. The van der Waals surface area contributed by atoms with Crippen LogP contribution in [0.15, 0.2) is 136 Å². The summed E-state index contributed by atoms with van der Waals surface area (Å²) in [5.41, 5.74) is 0. The number of hydrogen-bond acceptors (Lipinski definition) is 10. The van der Waals surface area contributed by atoms with Crippen LogP contribution in [0.5, 0.6) is 0 Å². The van der Waals surface area contributed by atoms with Gasteiger partial charge in [0, 0.05) is 12.8 Å². The minimum absolute atomic E-state index is 0.113. The zero-order valence-electron chi connectivity index (χ0n) is 22.9. The van der Waals surface area contributed by atoms with Crippen molar-refractivity contribution in [1.29, 1.82) is 0 Å². The maximum Gasteiger partial charge on any atom is 0.177 e. The van der Waals surface area contributed by atoms with Crippen molar-refractivity contribution in [3.8, 4) is 0 Å². The number of rotatable bonds is 2. The number of hydrogen-bond donors (Lipinski definition) is 0. The van der Waals surface area contributed by atoms with Crippen molar-refractivity contribution in [3.05, 3.63) is 97.1 Å². The van der Waals surface area contributed by atoms with Gasteiger partial charge < -0.3 is 0 Å². The molecule has 0 radical (unpaired) electrons. The Bertz CT molecular complexity index is 1360. The van der Waals surface area contributed by atoms with Gasteiger partial charge in [0.15, 0.2) is 30.1 Å². The van der Waals surface area contributed by atoms with Gasteiger partial charge >= 0.3 is 0 Å². The zero-order chi connectivity index (χ0) is 31.5. The molecule has 1 saturated carbocycles. The van der Waals surface area contributed by atoms with Gasteiger partial charge in [-0.25, -0.2) is 37.3 Å². The Morgan fingerprint density at radius 3 is 0.909 bits per heavy atom. The molecular formula is C30H26Cl2O8S4. The lowest BCUT2D eigenvalue weighted by Crippen LogP contribution is -2.68. The van der Waals surface area contributed by atoms with Crippen LogP contribution in [-0.2, 0) is 21.8 Å². The molecule has 4 aromatic rings. The molecule has 7 rings (SSSR count). The zero-order valence-corrected chi connectivity index (χ0v) is 27.7. The fourth-order valence-corrected chi connectivity index (χ4v) is 15.1. The predicted molar refractivity (Wildman–Crippen MR) is 148 cm³/mol. The highest BCUT2D eigenvalue weighted by molar-refractivity contribution is 8.06. The molecule has 4 aromatic carbocycles. The van der Waals surface area contributed by atoms with Crippen LogP contribution in [0.2, 0.25) is 0 Å². The maximum absolute atomic E-state index is 8.49. The molecule has 44 heavy (non-hydrogen) atoms. The monoisotopic (exact) mass is 712 g/mol. The summed E-state index contributed by atoms with van der Waals surface area (Å²) in [6, 6.07) is 37.0. The van der Waals surface area contributed by atoms with Crippen LogP contribution in [0.3, 0.4) is 0 Å². The highest BCUT2D eigenvalue weighted by atomic mass is 35.7. The molecule has 0 unspecified atom stereocenters. The normalized spacial score (nSPS) is 19.5. The summed E-state index contributed by atoms with van der Waals surface area (Å²) < 4.78 is 67.9. The van der Waals surface area contributed by atoms with Crippen LogP contribution < -0.4 is 37.3 Å².